The number of aldehydes is 1. The Morgan fingerprint density at radius 2 is 2.55 bits per heavy atom. The van der Waals surface area contributed by atoms with Crippen LogP contribution in [0.5, 0.6) is 0 Å². The Hall–Kier alpha value is -0.340. The van der Waals surface area contributed by atoms with E-state index in [1.807, 2.05) is 18.4 Å². The molecule has 0 aliphatic heterocycles. The van der Waals surface area contributed by atoms with Crippen LogP contribution in [0, 0.1) is 5.92 Å². The van der Waals surface area contributed by atoms with E-state index in [1.165, 1.54) is 0 Å². The van der Waals surface area contributed by atoms with Gasteiger partial charge in [0.2, 0.25) is 0 Å². The SMILES string of the molecule is CC(C=O)Cc1sccc1Cl. The van der Waals surface area contributed by atoms with E-state index in [4.69, 9.17) is 11.6 Å². The van der Waals surface area contributed by atoms with Crippen molar-refractivity contribution in [2.75, 3.05) is 0 Å². The van der Waals surface area contributed by atoms with Gasteiger partial charge in [-0.15, -0.1) is 11.3 Å². The van der Waals surface area contributed by atoms with E-state index in [0.717, 1.165) is 22.6 Å². The third-order valence-corrected chi connectivity index (χ3v) is 2.84. The summed E-state index contributed by atoms with van der Waals surface area (Å²) in [5, 5.41) is 2.72. The standard InChI is InChI=1S/C8H9ClOS/c1-6(5-10)4-8-7(9)2-3-11-8/h2-3,5-6H,4H2,1H3. The van der Waals surface area contributed by atoms with Crippen LogP contribution in [-0.2, 0) is 11.2 Å². The van der Waals surface area contributed by atoms with Crippen molar-refractivity contribution in [3.8, 4) is 0 Å². The van der Waals surface area contributed by atoms with Gasteiger partial charge in [-0.05, 0) is 17.9 Å². The molecule has 0 amide bonds. The summed E-state index contributed by atoms with van der Waals surface area (Å²) in [6.07, 6.45) is 1.72. The summed E-state index contributed by atoms with van der Waals surface area (Å²) in [6, 6.07) is 1.86. The molecule has 0 radical (unpaired) electrons. The smallest absolute Gasteiger partial charge is 0.123 e. The predicted molar refractivity (Wildman–Crippen MR) is 48.3 cm³/mol. The maximum absolute atomic E-state index is 10.3. The molecule has 3 heteroatoms. The minimum Gasteiger partial charge on any atom is -0.303 e. The second-order valence-corrected chi connectivity index (χ2v) is 3.92. The highest BCUT2D eigenvalue weighted by Crippen LogP contribution is 2.24. The van der Waals surface area contributed by atoms with Crippen molar-refractivity contribution in [1.29, 1.82) is 0 Å². The van der Waals surface area contributed by atoms with E-state index in [-0.39, 0.29) is 5.92 Å². The fourth-order valence-corrected chi connectivity index (χ4v) is 2.07. The van der Waals surface area contributed by atoms with Crippen molar-refractivity contribution in [2.24, 2.45) is 5.92 Å². The van der Waals surface area contributed by atoms with Crippen LogP contribution in [-0.4, -0.2) is 6.29 Å². The third-order valence-electron chi connectivity index (χ3n) is 1.43. The zero-order chi connectivity index (χ0) is 8.27. The lowest BCUT2D eigenvalue weighted by molar-refractivity contribution is -0.110. The lowest BCUT2D eigenvalue weighted by atomic mass is 10.1. The molecule has 0 aromatic carbocycles. The minimum atomic E-state index is 0.0751. The van der Waals surface area contributed by atoms with Crippen molar-refractivity contribution >= 4 is 29.2 Å². The van der Waals surface area contributed by atoms with Crippen molar-refractivity contribution < 1.29 is 4.79 Å². The highest BCUT2D eigenvalue weighted by molar-refractivity contribution is 7.10. The van der Waals surface area contributed by atoms with E-state index in [0.29, 0.717) is 0 Å². The van der Waals surface area contributed by atoms with E-state index in [2.05, 4.69) is 0 Å². The Bertz CT molecular complexity index is 244. The molecule has 0 fully saturated rings. The predicted octanol–water partition coefficient (Wildman–Crippen LogP) is 2.78. The van der Waals surface area contributed by atoms with Crippen LogP contribution in [0.4, 0.5) is 0 Å². The Morgan fingerprint density at radius 1 is 1.82 bits per heavy atom. The lowest BCUT2D eigenvalue weighted by Crippen LogP contribution is -1.98. The van der Waals surface area contributed by atoms with E-state index in [9.17, 15) is 4.79 Å². The molecule has 0 bridgehead atoms. The first kappa shape index (κ1) is 8.75. The van der Waals surface area contributed by atoms with Crippen LogP contribution in [0.1, 0.15) is 11.8 Å². The summed E-state index contributed by atoms with van der Waals surface area (Å²) in [5.74, 6) is 0.0751. The van der Waals surface area contributed by atoms with Gasteiger partial charge in [-0.3, -0.25) is 0 Å². The molecule has 0 spiro atoms. The second kappa shape index (κ2) is 3.88. The number of carbonyl (C=O) groups excluding carboxylic acids is 1. The average molecular weight is 189 g/mol. The zero-order valence-electron chi connectivity index (χ0n) is 6.21. The molecule has 0 aliphatic carbocycles. The molecule has 1 aromatic rings. The first-order chi connectivity index (χ1) is 5.24. The van der Waals surface area contributed by atoms with Gasteiger partial charge in [0.15, 0.2) is 0 Å². The first-order valence-electron chi connectivity index (χ1n) is 3.41. The summed E-state index contributed by atoms with van der Waals surface area (Å²) in [7, 11) is 0. The molecule has 0 aliphatic rings. The Morgan fingerprint density at radius 3 is 3.00 bits per heavy atom. The number of carbonyl (C=O) groups is 1. The van der Waals surface area contributed by atoms with Gasteiger partial charge in [-0.2, -0.15) is 0 Å². The first-order valence-corrected chi connectivity index (χ1v) is 4.67. The highest BCUT2D eigenvalue weighted by atomic mass is 35.5. The molecule has 1 heterocycles. The Balaban J connectivity index is 2.63. The van der Waals surface area contributed by atoms with Gasteiger partial charge in [0.1, 0.15) is 6.29 Å². The van der Waals surface area contributed by atoms with Gasteiger partial charge in [-0.25, -0.2) is 0 Å². The summed E-state index contributed by atoms with van der Waals surface area (Å²) in [4.78, 5) is 11.4. The van der Waals surface area contributed by atoms with Crippen LogP contribution in [0.15, 0.2) is 11.4 Å². The van der Waals surface area contributed by atoms with Crippen LogP contribution in [0.3, 0.4) is 0 Å². The highest BCUT2D eigenvalue weighted by Gasteiger charge is 2.06. The van der Waals surface area contributed by atoms with Crippen molar-refractivity contribution in [3.63, 3.8) is 0 Å². The number of thiophene rings is 1. The van der Waals surface area contributed by atoms with Crippen LogP contribution in [0.2, 0.25) is 5.02 Å². The van der Waals surface area contributed by atoms with E-state index < -0.39 is 0 Å². The van der Waals surface area contributed by atoms with E-state index >= 15 is 0 Å². The molecule has 0 saturated heterocycles. The van der Waals surface area contributed by atoms with Gasteiger partial charge in [0, 0.05) is 10.8 Å². The summed E-state index contributed by atoms with van der Waals surface area (Å²) < 4.78 is 0. The fourth-order valence-electron chi connectivity index (χ4n) is 0.811. The van der Waals surface area contributed by atoms with Gasteiger partial charge < -0.3 is 4.79 Å². The Kier molecular flexibility index (Phi) is 3.09. The van der Waals surface area contributed by atoms with Gasteiger partial charge in [-0.1, -0.05) is 18.5 Å². The normalized spacial score (nSPS) is 12.9. The fraction of sp³-hybridized carbons (Fsp3) is 0.375. The number of halogens is 1. The number of hydrogen-bond acceptors (Lipinski definition) is 2. The van der Waals surface area contributed by atoms with Crippen molar-refractivity contribution in [1.82, 2.24) is 0 Å². The Labute approximate surface area is 75.0 Å². The van der Waals surface area contributed by atoms with Gasteiger partial charge in [0.25, 0.3) is 0 Å². The van der Waals surface area contributed by atoms with Crippen molar-refractivity contribution in [2.45, 2.75) is 13.3 Å². The zero-order valence-corrected chi connectivity index (χ0v) is 7.78. The molecule has 0 N–H and O–H groups in total. The molecular weight excluding hydrogens is 180 g/mol. The molecule has 1 unspecified atom stereocenters. The summed E-state index contributed by atoms with van der Waals surface area (Å²) >= 11 is 7.44. The molecule has 1 nitrogen and oxygen atoms in total. The largest absolute Gasteiger partial charge is 0.303 e. The molecular formula is C8H9ClOS. The molecule has 60 valence electrons. The monoisotopic (exact) mass is 188 g/mol. The quantitative estimate of drug-likeness (QED) is 0.667. The molecule has 1 aromatic heterocycles. The second-order valence-electron chi connectivity index (χ2n) is 2.51. The average Bonchev–Trinajstić information content (AvgIpc) is 2.37. The maximum atomic E-state index is 10.3. The summed E-state index contributed by atoms with van der Waals surface area (Å²) in [5.41, 5.74) is 0. The van der Waals surface area contributed by atoms with Crippen LogP contribution >= 0.6 is 22.9 Å². The van der Waals surface area contributed by atoms with E-state index in [1.54, 1.807) is 11.3 Å². The van der Waals surface area contributed by atoms with Gasteiger partial charge >= 0.3 is 0 Å². The topological polar surface area (TPSA) is 17.1 Å². The van der Waals surface area contributed by atoms with Gasteiger partial charge in [0.05, 0.1) is 5.02 Å². The lowest BCUT2D eigenvalue weighted by Gasteiger charge is -1.99. The molecule has 0 saturated carbocycles. The minimum absolute atomic E-state index is 0.0751. The molecule has 11 heavy (non-hydrogen) atoms. The van der Waals surface area contributed by atoms with Crippen molar-refractivity contribution in [3.05, 3.63) is 21.3 Å². The number of hydrogen-bond donors (Lipinski definition) is 0. The third kappa shape index (κ3) is 2.31. The van der Waals surface area contributed by atoms with Crippen LogP contribution < -0.4 is 0 Å². The summed E-state index contributed by atoms with van der Waals surface area (Å²) in [6.45, 7) is 1.89. The van der Waals surface area contributed by atoms with Crippen LogP contribution in [0.25, 0.3) is 0 Å². The maximum Gasteiger partial charge on any atom is 0.123 e. The molecule has 1 rings (SSSR count). The number of rotatable bonds is 3. The molecule has 1 atom stereocenters.